The molecule has 1 fully saturated rings. The quantitative estimate of drug-likeness (QED) is 0.502. The highest BCUT2D eigenvalue weighted by Crippen LogP contribution is 2.39. The summed E-state index contributed by atoms with van der Waals surface area (Å²) in [6.07, 6.45) is -8.72. The third-order valence-corrected chi connectivity index (χ3v) is 7.72. The molecule has 1 aliphatic rings. The monoisotopic (exact) mass is 522 g/mol. The molecule has 1 amide bonds. The summed E-state index contributed by atoms with van der Waals surface area (Å²) < 4.78 is 106. The molecule has 0 heterocycles. The van der Waals surface area contributed by atoms with E-state index in [1.165, 1.54) is 31.2 Å². The summed E-state index contributed by atoms with van der Waals surface area (Å²) in [5.74, 6) is -0.785. The van der Waals surface area contributed by atoms with Crippen molar-refractivity contribution in [2.24, 2.45) is 5.41 Å². The van der Waals surface area contributed by atoms with Gasteiger partial charge in [0.05, 0.1) is 10.5 Å². The van der Waals surface area contributed by atoms with E-state index in [0.29, 0.717) is 12.1 Å². The molecule has 35 heavy (non-hydrogen) atoms. The minimum atomic E-state index is -4.71. The second kappa shape index (κ2) is 9.81. The molecule has 2 N–H and O–H groups in total. The summed E-state index contributed by atoms with van der Waals surface area (Å²) >= 11 is 0. The van der Waals surface area contributed by atoms with Crippen molar-refractivity contribution < 1.29 is 39.6 Å². The van der Waals surface area contributed by atoms with Crippen molar-refractivity contribution in [3.8, 4) is 0 Å². The molecule has 2 aromatic rings. The fraction of sp³-hybridized carbons (Fsp3) is 0.435. The molecule has 0 spiro atoms. The number of halogens is 6. The average Bonchev–Trinajstić information content (AvgIpc) is 2.78. The molecule has 0 radical (unpaired) electrons. The highest BCUT2D eigenvalue weighted by atomic mass is 32.2. The van der Waals surface area contributed by atoms with E-state index in [9.17, 15) is 39.6 Å². The second-order valence-corrected chi connectivity index (χ2v) is 10.6. The number of amides is 1. The first kappa shape index (κ1) is 27.0. The number of carbonyl (C=O) groups excluding carboxylic acids is 1. The average molecular weight is 523 g/mol. The smallest absolute Gasteiger partial charge is 0.340 e. The van der Waals surface area contributed by atoms with Crippen LogP contribution in [0, 0.1) is 5.41 Å². The van der Waals surface area contributed by atoms with Crippen LogP contribution < -0.4 is 10.0 Å². The van der Waals surface area contributed by atoms with Gasteiger partial charge in [0.2, 0.25) is 15.9 Å². The molecule has 5 nitrogen and oxygen atoms in total. The van der Waals surface area contributed by atoms with Gasteiger partial charge < -0.3 is 5.32 Å². The molecule has 0 saturated heterocycles. The Morgan fingerprint density at radius 3 is 1.97 bits per heavy atom. The van der Waals surface area contributed by atoms with Crippen molar-refractivity contribution in [2.75, 3.05) is 0 Å². The molecular formula is C23H24F6N2O3S. The number of carbonyl (C=O) groups is 1. The molecule has 1 unspecified atom stereocenters. The Bertz CT molecular complexity index is 1120. The Hall–Kier alpha value is -2.60. The van der Waals surface area contributed by atoms with Gasteiger partial charge in [-0.25, -0.2) is 13.1 Å². The summed E-state index contributed by atoms with van der Waals surface area (Å²) in [7, 11) is -4.12. The Labute approximate surface area is 199 Å². The van der Waals surface area contributed by atoms with Gasteiger partial charge in [0.25, 0.3) is 0 Å². The fourth-order valence-corrected chi connectivity index (χ4v) is 5.32. The third kappa shape index (κ3) is 6.54. The molecule has 0 aliphatic heterocycles. The number of rotatable bonds is 6. The summed E-state index contributed by atoms with van der Waals surface area (Å²) in [6.45, 7) is 1.53. The fourth-order valence-electron chi connectivity index (χ4n) is 4.02. The maximum atomic E-state index is 13.6. The van der Waals surface area contributed by atoms with Crippen LogP contribution >= 0.6 is 0 Å². The van der Waals surface area contributed by atoms with Gasteiger partial charge in [0, 0.05) is 11.5 Å². The molecule has 1 aliphatic carbocycles. The molecule has 1 saturated carbocycles. The van der Waals surface area contributed by atoms with Gasteiger partial charge in [0.1, 0.15) is 0 Å². The zero-order valence-electron chi connectivity index (χ0n) is 18.6. The first-order chi connectivity index (χ1) is 16.1. The van der Waals surface area contributed by atoms with Gasteiger partial charge in [0.15, 0.2) is 6.04 Å². The van der Waals surface area contributed by atoms with Crippen molar-refractivity contribution in [1.29, 1.82) is 0 Å². The minimum Gasteiger partial charge on any atom is -0.340 e. The number of hydrogen-bond acceptors (Lipinski definition) is 3. The van der Waals surface area contributed by atoms with Crippen LogP contribution in [-0.4, -0.2) is 26.5 Å². The van der Waals surface area contributed by atoms with Crippen molar-refractivity contribution >= 4 is 15.9 Å². The molecule has 2 aromatic carbocycles. The highest BCUT2D eigenvalue weighted by molar-refractivity contribution is 7.89. The van der Waals surface area contributed by atoms with E-state index in [1.54, 1.807) is 6.07 Å². The summed E-state index contributed by atoms with van der Waals surface area (Å²) in [5, 5.41) is 2.10. The lowest BCUT2D eigenvalue weighted by molar-refractivity contribution is -0.167. The van der Waals surface area contributed by atoms with Gasteiger partial charge in [-0.15, -0.1) is 0 Å². The molecular weight excluding hydrogens is 498 g/mol. The van der Waals surface area contributed by atoms with E-state index in [4.69, 9.17) is 0 Å². The predicted molar refractivity (Wildman–Crippen MR) is 116 cm³/mol. The van der Waals surface area contributed by atoms with Crippen LogP contribution in [0.2, 0.25) is 0 Å². The summed E-state index contributed by atoms with van der Waals surface area (Å²) in [6, 6.07) is 7.24. The molecule has 0 aromatic heterocycles. The van der Waals surface area contributed by atoms with E-state index in [0.717, 1.165) is 12.1 Å². The van der Waals surface area contributed by atoms with E-state index < -0.39 is 51.3 Å². The van der Waals surface area contributed by atoms with Crippen LogP contribution in [0.5, 0.6) is 0 Å². The Balaban J connectivity index is 1.64. The molecule has 0 bridgehead atoms. The van der Waals surface area contributed by atoms with Crippen molar-refractivity contribution in [2.45, 2.75) is 61.9 Å². The van der Waals surface area contributed by atoms with E-state index >= 15 is 0 Å². The van der Waals surface area contributed by atoms with Crippen LogP contribution in [-0.2, 0) is 21.0 Å². The van der Waals surface area contributed by atoms with Crippen molar-refractivity contribution in [3.63, 3.8) is 0 Å². The van der Waals surface area contributed by atoms with E-state index in [-0.39, 0.29) is 36.1 Å². The minimum absolute atomic E-state index is 0.102. The number of alkyl halides is 6. The Morgan fingerprint density at radius 2 is 1.49 bits per heavy atom. The van der Waals surface area contributed by atoms with Gasteiger partial charge in [-0.1, -0.05) is 37.3 Å². The van der Waals surface area contributed by atoms with Crippen LogP contribution in [0.4, 0.5) is 26.3 Å². The zero-order valence-corrected chi connectivity index (χ0v) is 19.4. The van der Waals surface area contributed by atoms with Gasteiger partial charge >= 0.3 is 12.4 Å². The van der Waals surface area contributed by atoms with Crippen LogP contribution in [0.25, 0.3) is 0 Å². The van der Waals surface area contributed by atoms with Crippen molar-refractivity contribution in [3.05, 3.63) is 65.7 Å². The second-order valence-electron chi connectivity index (χ2n) is 8.84. The van der Waals surface area contributed by atoms with E-state index in [2.05, 4.69) is 10.0 Å². The number of nitrogens with one attached hydrogen (secondary N) is 2. The number of benzene rings is 2. The Kier molecular flexibility index (Phi) is 7.56. The first-order valence-electron chi connectivity index (χ1n) is 10.7. The largest absolute Gasteiger partial charge is 0.416 e. The zero-order chi connectivity index (χ0) is 26.1. The molecule has 12 heteroatoms. The molecule has 3 rings (SSSR count). The SMILES string of the molecule is CC1(C(=O)NC(c2ccccc2)C(F)(F)F)CCC(NS(=O)(=O)c2ccc(C(F)(F)F)cc2)CC1. The Morgan fingerprint density at radius 1 is 0.943 bits per heavy atom. The summed E-state index contributed by atoms with van der Waals surface area (Å²) in [5.41, 5.74) is -2.23. The topological polar surface area (TPSA) is 75.3 Å². The lowest BCUT2D eigenvalue weighted by Crippen LogP contribution is -2.48. The maximum absolute atomic E-state index is 13.6. The predicted octanol–water partition coefficient (Wildman–Crippen LogP) is 5.35. The third-order valence-electron chi connectivity index (χ3n) is 6.19. The summed E-state index contributed by atoms with van der Waals surface area (Å²) in [4.78, 5) is 12.5. The lowest BCUT2D eigenvalue weighted by atomic mass is 9.73. The normalized spacial score (nSPS) is 22.4. The number of hydrogen-bond donors (Lipinski definition) is 2. The molecule has 192 valence electrons. The van der Waals surface area contributed by atoms with Crippen molar-refractivity contribution in [1.82, 2.24) is 10.0 Å². The standard InChI is InChI=1S/C23H24F6N2O3S/c1-21(20(32)30-19(23(27,28)29)15-5-3-2-4-6-15)13-11-17(12-14-21)31-35(33,34)18-9-7-16(8-10-18)22(24,25)26/h2-10,17,19,31H,11-14H2,1H3,(H,30,32). The number of sulfonamides is 1. The molecule has 1 atom stereocenters. The van der Waals surface area contributed by atoms with Gasteiger partial charge in [-0.3, -0.25) is 4.79 Å². The van der Waals surface area contributed by atoms with E-state index in [1.807, 2.05) is 0 Å². The highest BCUT2D eigenvalue weighted by Gasteiger charge is 2.46. The van der Waals surface area contributed by atoms with Crippen LogP contribution in [0.3, 0.4) is 0 Å². The maximum Gasteiger partial charge on any atom is 0.416 e. The first-order valence-corrected chi connectivity index (χ1v) is 12.2. The lowest BCUT2D eigenvalue weighted by Gasteiger charge is -2.37. The van der Waals surface area contributed by atoms with Gasteiger partial charge in [-0.05, 0) is 55.5 Å². The van der Waals surface area contributed by atoms with Crippen LogP contribution in [0.1, 0.15) is 49.8 Å². The van der Waals surface area contributed by atoms with Gasteiger partial charge in [-0.2, -0.15) is 26.3 Å². The van der Waals surface area contributed by atoms with Crippen LogP contribution in [0.15, 0.2) is 59.5 Å².